The number of allylic oxidation sites excluding steroid dienone is 1. The molecule has 5 N–H and O–H groups in total. The van der Waals surface area contributed by atoms with Gasteiger partial charge in [0.25, 0.3) is 0 Å². The minimum atomic E-state index is -1.27. The fourth-order valence-corrected chi connectivity index (χ4v) is 9.91. The second-order valence-corrected chi connectivity index (χ2v) is 14.9. The highest BCUT2D eigenvalue weighted by molar-refractivity contribution is 5.95. The fourth-order valence-electron chi connectivity index (χ4n) is 9.91. The summed E-state index contributed by atoms with van der Waals surface area (Å²) in [6, 6.07) is 0. The average molecular weight is 579 g/mol. The largest absolute Gasteiger partial charge is 0.396 e. The maximum absolute atomic E-state index is 13.5. The van der Waals surface area contributed by atoms with Gasteiger partial charge < -0.3 is 35.0 Å². The van der Waals surface area contributed by atoms with Crippen LogP contribution in [0.25, 0.3) is 0 Å². The molecule has 41 heavy (non-hydrogen) atoms. The smallest absolute Gasteiger partial charge is 0.163 e. The minimum absolute atomic E-state index is 0.0528. The Morgan fingerprint density at radius 3 is 2.46 bits per heavy atom. The van der Waals surface area contributed by atoms with Crippen molar-refractivity contribution in [2.75, 3.05) is 13.2 Å². The average Bonchev–Trinajstić information content (AvgIpc) is 3.19. The Bertz CT molecular complexity index is 1010. The van der Waals surface area contributed by atoms with Gasteiger partial charge in [-0.1, -0.05) is 34.1 Å². The molecule has 0 aromatic heterocycles. The number of hydrogen-bond donors (Lipinski definition) is 5. The molecule has 3 saturated carbocycles. The van der Waals surface area contributed by atoms with Crippen molar-refractivity contribution in [3.05, 3.63) is 11.6 Å². The van der Waals surface area contributed by atoms with Gasteiger partial charge in [-0.15, -0.1) is 0 Å². The Balaban J connectivity index is 1.46. The molecule has 0 unspecified atom stereocenters. The third-order valence-electron chi connectivity index (χ3n) is 12.8. The Hall–Kier alpha value is -0.870. The quantitative estimate of drug-likeness (QED) is 0.323. The van der Waals surface area contributed by atoms with Crippen molar-refractivity contribution in [3.8, 4) is 0 Å². The SMILES string of the molecule is CC[C@@H]1CC[C@H]([C@](C)(O)[C@H]2CC[C@@]3(O)C4=CC(=O)[C@@H]5C[C@@H](O)[C@@H](O)C[C@]5(C)[C@H]4CC[C@]23C)O[C@H]([C@H](CC)CO)OC1. The number of aliphatic hydroxyl groups is 5. The summed E-state index contributed by atoms with van der Waals surface area (Å²) < 4.78 is 12.8. The van der Waals surface area contributed by atoms with E-state index in [4.69, 9.17) is 9.47 Å². The maximum atomic E-state index is 13.5. The van der Waals surface area contributed by atoms with Crippen LogP contribution in [0.3, 0.4) is 0 Å². The molecule has 1 heterocycles. The van der Waals surface area contributed by atoms with Crippen LogP contribution in [-0.4, -0.2) is 80.3 Å². The van der Waals surface area contributed by atoms with Gasteiger partial charge in [-0.2, -0.15) is 0 Å². The lowest BCUT2D eigenvalue weighted by atomic mass is 9.45. The van der Waals surface area contributed by atoms with Crippen LogP contribution in [0.5, 0.6) is 0 Å². The van der Waals surface area contributed by atoms with E-state index in [2.05, 4.69) is 20.8 Å². The molecule has 0 spiro atoms. The first-order valence-corrected chi connectivity index (χ1v) is 16.2. The van der Waals surface area contributed by atoms with E-state index >= 15 is 0 Å². The fraction of sp³-hybridized carbons (Fsp3) is 0.909. The monoisotopic (exact) mass is 578 g/mol. The molecule has 8 heteroatoms. The number of rotatable bonds is 6. The van der Waals surface area contributed by atoms with Crippen LogP contribution in [-0.2, 0) is 14.3 Å². The maximum Gasteiger partial charge on any atom is 0.163 e. The van der Waals surface area contributed by atoms with E-state index < -0.39 is 46.6 Å². The Kier molecular flexibility index (Phi) is 8.65. The summed E-state index contributed by atoms with van der Waals surface area (Å²) in [6.07, 6.45) is 4.99. The third-order valence-corrected chi connectivity index (χ3v) is 12.8. The first-order valence-electron chi connectivity index (χ1n) is 16.2. The lowest BCUT2D eigenvalue weighted by Crippen LogP contribution is -2.63. The van der Waals surface area contributed by atoms with Gasteiger partial charge in [0.05, 0.1) is 42.7 Å². The molecule has 5 rings (SSSR count). The van der Waals surface area contributed by atoms with E-state index in [1.54, 1.807) is 6.08 Å². The van der Waals surface area contributed by atoms with Gasteiger partial charge >= 0.3 is 0 Å². The summed E-state index contributed by atoms with van der Waals surface area (Å²) in [7, 11) is 0. The highest BCUT2D eigenvalue weighted by Gasteiger charge is 2.69. The second kappa shape index (κ2) is 11.2. The molecule has 0 amide bonds. The van der Waals surface area contributed by atoms with Crippen LogP contribution in [0, 0.1) is 40.4 Å². The predicted molar refractivity (Wildman–Crippen MR) is 154 cm³/mol. The molecule has 234 valence electrons. The van der Waals surface area contributed by atoms with E-state index in [0.717, 1.165) is 24.8 Å². The van der Waals surface area contributed by atoms with Crippen LogP contribution in [0.1, 0.15) is 98.8 Å². The topological polar surface area (TPSA) is 137 Å². The number of carbonyl (C=O) groups is 1. The Morgan fingerprint density at radius 2 is 1.80 bits per heavy atom. The minimum Gasteiger partial charge on any atom is -0.396 e. The van der Waals surface area contributed by atoms with Gasteiger partial charge in [0, 0.05) is 17.3 Å². The normalized spacial score (nSPS) is 49.0. The Labute approximate surface area is 245 Å². The zero-order valence-corrected chi connectivity index (χ0v) is 25.7. The zero-order valence-electron chi connectivity index (χ0n) is 25.7. The first kappa shape index (κ1) is 31.6. The molecule has 4 fully saturated rings. The number of aliphatic hydroxyl groups excluding tert-OH is 3. The van der Waals surface area contributed by atoms with Crippen LogP contribution in [0.4, 0.5) is 0 Å². The van der Waals surface area contributed by atoms with Crippen molar-refractivity contribution in [3.63, 3.8) is 0 Å². The van der Waals surface area contributed by atoms with E-state index in [9.17, 15) is 30.3 Å². The summed E-state index contributed by atoms with van der Waals surface area (Å²) in [6.45, 7) is 10.6. The van der Waals surface area contributed by atoms with Gasteiger partial charge in [-0.3, -0.25) is 4.79 Å². The molecule has 13 atom stereocenters. The number of ether oxygens (including phenoxy) is 2. The lowest BCUT2D eigenvalue weighted by molar-refractivity contribution is -0.267. The van der Waals surface area contributed by atoms with Gasteiger partial charge in [-0.25, -0.2) is 0 Å². The van der Waals surface area contributed by atoms with Gasteiger partial charge in [0.1, 0.15) is 0 Å². The van der Waals surface area contributed by atoms with Crippen molar-refractivity contribution in [1.29, 1.82) is 0 Å². The molecule has 8 nitrogen and oxygen atoms in total. The molecule has 0 aromatic carbocycles. The number of ketones is 1. The summed E-state index contributed by atoms with van der Waals surface area (Å²) in [5, 5.41) is 56.0. The molecule has 5 aliphatic rings. The highest BCUT2D eigenvalue weighted by Crippen LogP contribution is 2.68. The molecular formula is C33H54O8. The molecule has 4 aliphatic carbocycles. The van der Waals surface area contributed by atoms with Gasteiger partial charge in [0.2, 0.25) is 0 Å². The lowest BCUT2D eigenvalue weighted by Gasteiger charge is -2.61. The van der Waals surface area contributed by atoms with Crippen LogP contribution in [0.15, 0.2) is 11.6 Å². The summed E-state index contributed by atoms with van der Waals surface area (Å²) in [5.41, 5.74) is -2.97. The van der Waals surface area contributed by atoms with E-state index in [-0.39, 0.29) is 42.5 Å². The molecule has 0 radical (unpaired) electrons. The van der Waals surface area contributed by atoms with Crippen molar-refractivity contribution in [2.24, 2.45) is 40.4 Å². The van der Waals surface area contributed by atoms with Crippen molar-refractivity contribution in [1.82, 2.24) is 0 Å². The molecular weight excluding hydrogens is 524 g/mol. The number of hydrogen-bond acceptors (Lipinski definition) is 8. The van der Waals surface area contributed by atoms with Gasteiger partial charge in [-0.05, 0) is 99.5 Å². The van der Waals surface area contributed by atoms with E-state index in [1.165, 1.54) is 0 Å². The third kappa shape index (κ3) is 4.88. The first-order chi connectivity index (χ1) is 19.3. The molecule has 1 aliphatic heterocycles. The molecule has 0 bridgehead atoms. The Morgan fingerprint density at radius 1 is 1.07 bits per heavy atom. The van der Waals surface area contributed by atoms with Crippen molar-refractivity contribution >= 4 is 5.78 Å². The standard InChI is InChI=1S/C33H54O8/c1-6-19-8-9-28(41-29(40-18-19)20(7-2)17-34)32(5,38)27-11-13-33(39)22-14-24(35)23-15-25(36)26(37)16-30(23,3)21(22)10-12-31(27,33)4/h14,19-21,23,25-29,34,36-39H,6-13,15-18H2,1-5H3/t19-,20-,21+,23+,25-,26+,27+,28-,29-,30-,31-,32-,33-/m1/s1. The molecule has 0 aromatic rings. The van der Waals surface area contributed by atoms with E-state index in [1.807, 2.05) is 13.8 Å². The van der Waals surface area contributed by atoms with E-state index in [0.29, 0.717) is 51.0 Å². The summed E-state index contributed by atoms with van der Waals surface area (Å²) in [5.74, 6) is -0.620. The van der Waals surface area contributed by atoms with Crippen LogP contribution < -0.4 is 0 Å². The zero-order chi connectivity index (χ0) is 30.0. The van der Waals surface area contributed by atoms with Crippen molar-refractivity contribution in [2.45, 2.75) is 135 Å². The van der Waals surface area contributed by atoms with Crippen molar-refractivity contribution < 1.29 is 39.8 Å². The number of carbonyl (C=O) groups excluding carboxylic acids is 1. The summed E-state index contributed by atoms with van der Waals surface area (Å²) >= 11 is 0. The van der Waals surface area contributed by atoms with Crippen LogP contribution in [0.2, 0.25) is 0 Å². The van der Waals surface area contributed by atoms with Gasteiger partial charge in [0.15, 0.2) is 12.1 Å². The van der Waals surface area contributed by atoms with Crippen LogP contribution >= 0.6 is 0 Å². The predicted octanol–water partition coefficient (Wildman–Crippen LogP) is 3.51. The second-order valence-electron chi connectivity index (χ2n) is 14.9. The molecule has 1 saturated heterocycles. The highest BCUT2D eigenvalue weighted by atomic mass is 16.7. The number of fused-ring (bicyclic) bond motifs is 5. The summed E-state index contributed by atoms with van der Waals surface area (Å²) in [4.78, 5) is 13.5.